The number of nitrogens with one attached hydrogen (secondary N) is 2. The van der Waals surface area contributed by atoms with Crippen LogP contribution in [-0.2, 0) is 9.59 Å². The van der Waals surface area contributed by atoms with Gasteiger partial charge in [0.15, 0.2) is 12.2 Å². The van der Waals surface area contributed by atoms with Crippen molar-refractivity contribution < 1.29 is 19.1 Å². The third kappa shape index (κ3) is 6.74. The molecule has 2 aromatic rings. The summed E-state index contributed by atoms with van der Waals surface area (Å²) in [5, 5.41) is 5.72. The van der Waals surface area contributed by atoms with E-state index in [1.165, 1.54) is 0 Å². The minimum atomic E-state index is -0.649. The minimum absolute atomic E-state index is 0.232. The molecule has 0 radical (unpaired) electrons. The fourth-order valence-corrected chi connectivity index (χ4v) is 3.24. The van der Waals surface area contributed by atoms with E-state index in [-0.39, 0.29) is 17.9 Å². The van der Waals surface area contributed by atoms with Gasteiger partial charge in [-0.3, -0.25) is 9.59 Å². The summed E-state index contributed by atoms with van der Waals surface area (Å²) in [5.74, 6) is 0.986. The maximum Gasteiger partial charge on any atom is 0.261 e. The molecule has 6 nitrogen and oxygen atoms in total. The maximum atomic E-state index is 12.5. The van der Waals surface area contributed by atoms with Crippen molar-refractivity contribution in [2.24, 2.45) is 0 Å². The highest BCUT2D eigenvalue weighted by Gasteiger charge is 2.21. The molecule has 0 saturated carbocycles. The van der Waals surface area contributed by atoms with Crippen molar-refractivity contribution in [2.45, 2.75) is 66.7 Å². The lowest BCUT2D eigenvalue weighted by Gasteiger charge is -2.22. The first-order chi connectivity index (χ1) is 14.6. The highest BCUT2D eigenvalue weighted by Crippen LogP contribution is 2.24. The van der Waals surface area contributed by atoms with E-state index < -0.39 is 12.2 Å². The summed E-state index contributed by atoms with van der Waals surface area (Å²) >= 11 is 0. The van der Waals surface area contributed by atoms with E-state index in [1.807, 2.05) is 71.0 Å². The van der Waals surface area contributed by atoms with Gasteiger partial charge in [0.2, 0.25) is 0 Å². The van der Waals surface area contributed by atoms with Gasteiger partial charge >= 0.3 is 0 Å². The van der Waals surface area contributed by atoms with Crippen molar-refractivity contribution in [3.05, 3.63) is 58.7 Å². The van der Waals surface area contributed by atoms with Crippen LogP contribution in [0.2, 0.25) is 0 Å². The van der Waals surface area contributed by atoms with E-state index in [2.05, 4.69) is 10.6 Å². The summed E-state index contributed by atoms with van der Waals surface area (Å²) in [7, 11) is 0. The number of amides is 2. The molecule has 0 heterocycles. The summed E-state index contributed by atoms with van der Waals surface area (Å²) in [6.07, 6.45) is -1.29. The number of carbonyl (C=O) groups excluding carboxylic acids is 2. The first-order valence-corrected chi connectivity index (χ1v) is 10.6. The topological polar surface area (TPSA) is 76.7 Å². The van der Waals surface area contributed by atoms with Crippen LogP contribution in [0, 0.1) is 27.7 Å². The SMILES string of the molecule is Cc1cccc(C)c1O[C@@H](C)C(=O)N[C@@H](C)CNC(=O)[C@@H](C)Oc1c(C)cccc1C. The lowest BCUT2D eigenvalue weighted by Crippen LogP contribution is -2.48. The Kier molecular flexibility index (Phi) is 8.48. The molecule has 3 atom stereocenters. The highest BCUT2D eigenvalue weighted by molar-refractivity contribution is 5.82. The number of carbonyl (C=O) groups is 2. The molecule has 31 heavy (non-hydrogen) atoms. The number of hydrogen-bond donors (Lipinski definition) is 2. The quantitative estimate of drug-likeness (QED) is 0.640. The molecule has 6 heteroatoms. The zero-order valence-electron chi connectivity index (χ0n) is 19.5. The van der Waals surface area contributed by atoms with Gasteiger partial charge in [-0.2, -0.15) is 0 Å². The van der Waals surface area contributed by atoms with Crippen LogP contribution in [0.3, 0.4) is 0 Å². The second-order valence-electron chi connectivity index (χ2n) is 8.12. The van der Waals surface area contributed by atoms with Crippen LogP contribution in [0.4, 0.5) is 0 Å². The lowest BCUT2D eigenvalue weighted by atomic mass is 10.1. The fourth-order valence-electron chi connectivity index (χ4n) is 3.24. The van der Waals surface area contributed by atoms with Gasteiger partial charge in [-0.15, -0.1) is 0 Å². The molecule has 0 aromatic heterocycles. The summed E-state index contributed by atoms with van der Waals surface area (Å²) in [5.41, 5.74) is 3.94. The Bertz CT molecular complexity index is 885. The van der Waals surface area contributed by atoms with Crippen LogP contribution in [0.15, 0.2) is 36.4 Å². The molecule has 0 bridgehead atoms. The second kappa shape index (κ2) is 10.8. The zero-order valence-corrected chi connectivity index (χ0v) is 19.5. The van der Waals surface area contributed by atoms with Gasteiger partial charge in [0.1, 0.15) is 11.5 Å². The average molecular weight is 427 g/mol. The Balaban J connectivity index is 1.83. The summed E-state index contributed by atoms with van der Waals surface area (Å²) in [6.45, 7) is 13.4. The lowest BCUT2D eigenvalue weighted by molar-refractivity contribution is -0.129. The van der Waals surface area contributed by atoms with E-state index >= 15 is 0 Å². The smallest absolute Gasteiger partial charge is 0.261 e. The average Bonchev–Trinajstić information content (AvgIpc) is 2.71. The van der Waals surface area contributed by atoms with Gasteiger partial charge in [0.25, 0.3) is 11.8 Å². The molecule has 0 aliphatic heterocycles. The normalized spacial score (nSPS) is 13.6. The summed E-state index contributed by atoms with van der Waals surface area (Å²) in [6, 6.07) is 11.5. The molecule has 0 fully saturated rings. The zero-order chi connectivity index (χ0) is 23.1. The Labute approximate surface area is 185 Å². The van der Waals surface area contributed by atoms with Gasteiger partial charge < -0.3 is 20.1 Å². The molecule has 0 aliphatic carbocycles. The molecule has 0 spiro atoms. The van der Waals surface area contributed by atoms with Crippen molar-refractivity contribution in [2.75, 3.05) is 6.54 Å². The predicted molar refractivity (Wildman–Crippen MR) is 123 cm³/mol. The first-order valence-electron chi connectivity index (χ1n) is 10.6. The van der Waals surface area contributed by atoms with E-state index in [9.17, 15) is 9.59 Å². The summed E-state index contributed by atoms with van der Waals surface area (Å²) in [4.78, 5) is 24.9. The number of para-hydroxylation sites is 2. The van der Waals surface area contributed by atoms with Gasteiger partial charge in [-0.05, 0) is 70.7 Å². The minimum Gasteiger partial charge on any atom is -0.480 e. The standard InChI is InChI=1S/C25H34N2O4/c1-15-10-8-11-16(2)22(15)30-20(6)24(28)26-14-19(5)27-25(29)21(7)31-23-17(3)12-9-13-18(23)4/h8-13,19-21H,14H2,1-7H3,(H,26,28)(H,27,29)/t19-,20+,21-/m0/s1. The third-order valence-corrected chi connectivity index (χ3v) is 5.12. The van der Waals surface area contributed by atoms with E-state index in [1.54, 1.807) is 13.8 Å². The van der Waals surface area contributed by atoms with Crippen LogP contribution in [-0.4, -0.2) is 36.6 Å². The third-order valence-electron chi connectivity index (χ3n) is 5.12. The first kappa shape index (κ1) is 24.3. The number of rotatable bonds is 9. The van der Waals surface area contributed by atoms with Crippen LogP contribution in [0.1, 0.15) is 43.0 Å². The van der Waals surface area contributed by atoms with E-state index in [0.29, 0.717) is 6.54 Å². The second-order valence-corrected chi connectivity index (χ2v) is 8.12. The van der Waals surface area contributed by atoms with Crippen LogP contribution >= 0.6 is 0 Å². The number of hydrogen-bond acceptors (Lipinski definition) is 4. The maximum absolute atomic E-state index is 12.5. The van der Waals surface area contributed by atoms with Gasteiger partial charge in [-0.25, -0.2) is 0 Å². The molecule has 2 rings (SSSR count). The van der Waals surface area contributed by atoms with Gasteiger partial charge in [0.05, 0.1) is 0 Å². The van der Waals surface area contributed by atoms with E-state index in [4.69, 9.17) is 9.47 Å². The van der Waals surface area contributed by atoms with Crippen molar-refractivity contribution in [3.63, 3.8) is 0 Å². The summed E-state index contributed by atoms with van der Waals surface area (Å²) < 4.78 is 11.7. The van der Waals surface area contributed by atoms with Crippen LogP contribution < -0.4 is 20.1 Å². The molecule has 2 amide bonds. The van der Waals surface area contributed by atoms with Crippen LogP contribution in [0.25, 0.3) is 0 Å². The molecule has 2 aromatic carbocycles. The fraction of sp³-hybridized carbons (Fsp3) is 0.440. The van der Waals surface area contributed by atoms with Crippen LogP contribution in [0.5, 0.6) is 11.5 Å². The number of aryl methyl sites for hydroxylation is 4. The number of benzene rings is 2. The monoisotopic (exact) mass is 426 g/mol. The Morgan fingerprint density at radius 3 is 1.55 bits per heavy atom. The van der Waals surface area contributed by atoms with Crippen molar-refractivity contribution >= 4 is 11.8 Å². The molecular formula is C25H34N2O4. The molecule has 0 unspecified atom stereocenters. The Morgan fingerprint density at radius 1 is 0.742 bits per heavy atom. The van der Waals surface area contributed by atoms with Gasteiger partial charge in [0, 0.05) is 12.6 Å². The van der Waals surface area contributed by atoms with Crippen molar-refractivity contribution in [3.8, 4) is 11.5 Å². The Morgan fingerprint density at radius 2 is 1.13 bits per heavy atom. The molecular weight excluding hydrogens is 392 g/mol. The number of ether oxygens (including phenoxy) is 2. The molecule has 0 aliphatic rings. The molecule has 2 N–H and O–H groups in total. The molecule has 0 saturated heterocycles. The van der Waals surface area contributed by atoms with Crippen molar-refractivity contribution in [1.82, 2.24) is 10.6 Å². The largest absolute Gasteiger partial charge is 0.480 e. The highest BCUT2D eigenvalue weighted by atomic mass is 16.5. The van der Waals surface area contributed by atoms with E-state index in [0.717, 1.165) is 33.8 Å². The Hall–Kier alpha value is -3.02. The van der Waals surface area contributed by atoms with Gasteiger partial charge in [-0.1, -0.05) is 36.4 Å². The molecule has 168 valence electrons. The predicted octanol–water partition coefficient (Wildman–Crippen LogP) is 3.78. The van der Waals surface area contributed by atoms with Crippen molar-refractivity contribution in [1.29, 1.82) is 0 Å².